The Hall–Kier alpha value is -0.330. The van der Waals surface area contributed by atoms with E-state index >= 15 is 0 Å². The molecule has 22 heavy (non-hydrogen) atoms. The number of alkyl carbamates (subject to hydrolysis) is 1. The highest BCUT2D eigenvalue weighted by molar-refractivity contribution is 9.09. The van der Waals surface area contributed by atoms with E-state index < -0.39 is 17.3 Å². The first-order chi connectivity index (χ1) is 10.2. The number of hydrogen-bond acceptors (Lipinski definition) is 4. The number of halogens is 1. The molecule has 1 aliphatic carbocycles. The van der Waals surface area contributed by atoms with Crippen molar-refractivity contribution in [3.8, 4) is 0 Å². The Morgan fingerprint density at radius 2 is 1.86 bits per heavy atom. The summed E-state index contributed by atoms with van der Waals surface area (Å²) in [5.74, 6) is 0. The predicted molar refractivity (Wildman–Crippen MR) is 90.6 cm³/mol. The number of ether oxygens (including phenoxy) is 3. The summed E-state index contributed by atoms with van der Waals surface area (Å²) >= 11 is 3.49. The predicted octanol–water partition coefficient (Wildman–Crippen LogP) is 3.64. The molecular weight excluding hydrogens is 350 g/mol. The van der Waals surface area contributed by atoms with Crippen LogP contribution < -0.4 is 5.32 Å². The number of carbonyl (C=O) groups excluding carboxylic acids is 1. The Morgan fingerprint density at radius 3 is 2.41 bits per heavy atom. The second-order valence-electron chi connectivity index (χ2n) is 7.20. The molecule has 1 fully saturated rings. The van der Waals surface area contributed by atoms with Gasteiger partial charge in [-0.3, -0.25) is 0 Å². The molecule has 0 bridgehead atoms. The zero-order chi connectivity index (χ0) is 16.8. The van der Waals surface area contributed by atoms with Crippen molar-refractivity contribution in [1.29, 1.82) is 0 Å². The standard InChI is InChI=1S/C16H30BrNO4/c1-15(2,3)22-14(19)18-11-16(4,10-17)21-13-8-6-7-12(9-13)20-5/h12-13H,6-11H2,1-5H3,(H,18,19). The van der Waals surface area contributed by atoms with Gasteiger partial charge < -0.3 is 19.5 Å². The van der Waals surface area contributed by atoms with Gasteiger partial charge in [0.2, 0.25) is 0 Å². The average molecular weight is 380 g/mol. The van der Waals surface area contributed by atoms with Crippen LogP contribution in [0, 0.1) is 0 Å². The van der Waals surface area contributed by atoms with Gasteiger partial charge in [0.15, 0.2) is 0 Å². The van der Waals surface area contributed by atoms with Gasteiger partial charge in [-0.1, -0.05) is 15.9 Å². The highest BCUT2D eigenvalue weighted by Crippen LogP contribution is 2.27. The van der Waals surface area contributed by atoms with Crippen molar-refractivity contribution < 1.29 is 19.0 Å². The maximum absolute atomic E-state index is 11.8. The van der Waals surface area contributed by atoms with Gasteiger partial charge in [0.1, 0.15) is 5.60 Å². The monoisotopic (exact) mass is 379 g/mol. The van der Waals surface area contributed by atoms with Crippen LogP contribution in [0.25, 0.3) is 0 Å². The molecule has 1 rings (SSSR count). The molecule has 3 atom stereocenters. The van der Waals surface area contributed by atoms with Crippen LogP contribution in [0.15, 0.2) is 0 Å². The first-order valence-electron chi connectivity index (χ1n) is 7.91. The lowest BCUT2D eigenvalue weighted by molar-refractivity contribution is -0.101. The summed E-state index contributed by atoms with van der Waals surface area (Å²) in [6.07, 6.45) is 4.18. The van der Waals surface area contributed by atoms with E-state index in [1.807, 2.05) is 27.7 Å². The van der Waals surface area contributed by atoms with Crippen molar-refractivity contribution in [2.45, 2.75) is 76.8 Å². The van der Waals surface area contributed by atoms with Crippen LogP contribution in [0.4, 0.5) is 4.79 Å². The fraction of sp³-hybridized carbons (Fsp3) is 0.938. The third-order valence-corrected chi connectivity index (χ3v) is 4.84. The van der Waals surface area contributed by atoms with Crippen LogP contribution in [0.2, 0.25) is 0 Å². The fourth-order valence-corrected chi connectivity index (χ4v) is 2.85. The number of rotatable bonds is 6. The van der Waals surface area contributed by atoms with Crippen LogP contribution in [0.5, 0.6) is 0 Å². The van der Waals surface area contributed by atoms with Crippen molar-refractivity contribution in [2.75, 3.05) is 19.0 Å². The normalized spacial score (nSPS) is 25.4. The molecule has 1 amide bonds. The molecule has 0 spiro atoms. The molecule has 0 saturated heterocycles. The van der Waals surface area contributed by atoms with Gasteiger partial charge in [-0.15, -0.1) is 0 Å². The van der Waals surface area contributed by atoms with E-state index in [0.29, 0.717) is 11.9 Å². The fourth-order valence-electron chi connectivity index (χ4n) is 2.52. The van der Waals surface area contributed by atoms with Gasteiger partial charge in [0, 0.05) is 12.4 Å². The number of nitrogens with one attached hydrogen (secondary N) is 1. The summed E-state index contributed by atoms with van der Waals surface area (Å²) in [4.78, 5) is 11.8. The van der Waals surface area contributed by atoms with Crippen molar-refractivity contribution in [1.82, 2.24) is 5.32 Å². The molecule has 6 heteroatoms. The minimum Gasteiger partial charge on any atom is -0.444 e. The number of alkyl halides is 1. The van der Waals surface area contributed by atoms with E-state index in [1.165, 1.54) is 0 Å². The molecule has 0 heterocycles. The zero-order valence-corrected chi connectivity index (χ0v) is 16.0. The second kappa shape index (κ2) is 8.50. The smallest absolute Gasteiger partial charge is 0.407 e. The van der Waals surface area contributed by atoms with E-state index in [2.05, 4.69) is 21.2 Å². The summed E-state index contributed by atoms with van der Waals surface area (Å²) in [5.41, 5.74) is -0.956. The summed E-state index contributed by atoms with van der Waals surface area (Å²) < 4.78 is 16.9. The molecule has 1 saturated carbocycles. The van der Waals surface area contributed by atoms with Crippen LogP contribution >= 0.6 is 15.9 Å². The lowest BCUT2D eigenvalue weighted by Gasteiger charge is -2.36. The lowest BCUT2D eigenvalue weighted by atomic mass is 9.94. The minimum absolute atomic E-state index is 0.168. The van der Waals surface area contributed by atoms with Gasteiger partial charge in [0.05, 0.1) is 24.4 Å². The molecule has 130 valence electrons. The van der Waals surface area contributed by atoms with Gasteiger partial charge >= 0.3 is 6.09 Å². The summed E-state index contributed by atoms with van der Waals surface area (Å²) in [5, 5.41) is 3.44. The van der Waals surface area contributed by atoms with Crippen molar-refractivity contribution >= 4 is 22.0 Å². The number of hydrogen-bond donors (Lipinski definition) is 1. The second-order valence-corrected chi connectivity index (χ2v) is 7.76. The lowest BCUT2D eigenvalue weighted by Crippen LogP contribution is -2.48. The molecule has 0 aromatic carbocycles. The molecule has 0 aliphatic heterocycles. The third-order valence-electron chi connectivity index (χ3n) is 3.65. The van der Waals surface area contributed by atoms with Gasteiger partial charge in [-0.25, -0.2) is 4.79 Å². The Bertz CT molecular complexity index is 359. The first-order valence-corrected chi connectivity index (χ1v) is 9.03. The van der Waals surface area contributed by atoms with Crippen LogP contribution in [0.1, 0.15) is 53.4 Å². The Morgan fingerprint density at radius 1 is 1.23 bits per heavy atom. The minimum atomic E-state index is -0.495. The van der Waals surface area contributed by atoms with Gasteiger partial charge in [-0.2, -0.15) is 0 Å². The number of methoxy groups -OCH3 is 1. The summed E-state index contributed by atoms with van der Waals surface area (Å²) in [6, 6.07) is 0. The number of carbonyl (C=O) groups is 1. The molecule has 0 aromatic heterocycles. The highest BCUT2D eigenvalue weighted by Gasteiger charge is 2.32. The molecule has 1 N–H and O–H groups in total. The Labute approximate surface area is 142 Å². The summed E-state index contributed by atoms with van der Waals surface area (Å²) in [6.45, 7) is 7.94. The van der Waals surface area contributed by atoms with Crippen molar-refractivity contribution in [3.63, 3.8) is 0 Å². The third kappa shape index (κ3) is 7.29. The largest absolute Gasteiger partial charge is 0.444 e. The Balaban J connectivity index is 2.48. The maximum Gasteiger partial charge on any atom is 0.407 e. The number of amides is 1. The molecule has 3 unspecified atom stereocenters. The van der Waals surface area contributed by atoms with Gasteiger partial charge in [-0.05, 0) is 53.4 Å². The SMILES string of the molecule is COC1CCCC(OC(C)(CBr)CNC(=O)OC(C)(C)C)C1. The molecule has 5 nitrogen and oxygen atoms in total. The quantitative estimate of drug-likeness (QED) is 0.715. The van der Waals surface area contributed by atoms with E-state index in [1.54, 1.807) is 7.11 Å². The van der Waals surface area contributed by atoms with E-state index in [4.69, 9.17) is 14.2 Å². The van der Waals surface area contributed by atoms with E-state index in [0.717, 1.165) is 25.7 Å². The average Bonchev–Trinajstić information content (AvgIpc) is 2.44. The van der Waals surface area contributed by atoms with E-state index in [9.17, 15) is 4.79 Å². The van der Waals surface area contributed by atoms with Crippen LogP contribution in [0.3, 0.4) is 0 Å². The molecule has 1 aliphatic rings. The van der Waals surface area contributed by atoms with Crippen molar-refractivity contribution in [3.05, 3.63) is 0 Å². The maximum atomic E-state index is 11.8. The molecular formula is C16H30BrNO4. The first kappa shape index (κ1) is 19.7. The molecule has 0 aromatic rings. The van der Waals surface area contributed by atoms with Crippen molar-refractivity contribution in [2.24, 2.45) is 0 Å². The Kier molecular flexibility index (Phi) is 7.62. The topological polar surface area (TPSA) is 56.8 Å². The zero-order valence-electron chi connectivity index (χ0n) is 14.4. The molecule has 0 radical (unpaired) electrons. The van der Waals surface area contributed by atoms with Crippen LogP contribution in [-0.2, 0) is 14.2 Å². The van der Waals surface area contributed by atoms with E-state index in [-0.39, 0.29) is 12.2 Å². The van der Waals surface area contributed by atoms with Gasteiger partial charge in [0.25, 0.3) is 0 Å². The highest BCUT2D eigenvalue weighted by atomic mass is 79.9. The summed E-state index contributed by atoms with van der Waals surface area (Å²) in [7, 11) is 1.75. The van der Waals surface area contributed by atoms with Crippen LogP contribution in [-0.4, -0.2) is 48.5 Å².